The Morgan fingerprint density at radius 3 is 2.79 bits per heavy atom. The number of benzene rings is 2. The zero-order valence-corrected chi connectivity index (χ0v) is 16.3. The smallest absolute Gasteiger partial charge is 0.326 e. The van der Waals surface area contributed by atoms with Crippen LogP contribution in [0.5, 0.6) is 17.2 Å². The number of aromatic nitrogens is 2. The Bertz CT molecular complexity index is 1050. The highest BCUT2D eigenvalue weighted by atomic mass is 16.7. The molecule has 7 nitrogen and oxygen atoms in total. The van der Waals surface area contributed by atoms with E-state index >= 15 is 0 Å². The van der Waals surface area contributed by atoms with Gasteiger partial charge in [-0.2, -0.15) is 0 Å². The number of nitrogens with one attached hydrogen (secondary N) is 1. The Labute approximate surface area is 168 Å². The molecule has 0 radical (unpaired) electrons. The van der Waals surface area contributed by atoms with Crippen molar-refractivity contribution in [1.29, 1.82) is 0 Å². The van der Waals surface area contributed by atoms with Crippen LogP contribution >= 0.6 is 0 Å². The fourth-order valence-corrected chi connectivity index (χ4v) is 4.28. The molecule has 2 aliphatic heterocycles. The van der Waals surface area contributed by atoms with Gasteiger partial charge in [0.05, 0.1) is 17.6 Å². The summed E-state index contributed by atoms with van der Waals surface area (Å²) in [5.41, 5.74) is 1.93. The topological polar surface area (TPSA) is 68.7 Å². The maximum Gasteiger partial charge on any atom is 0.326 e. The molecule has 0 saturated carbocycles. The molecule has 3 heterocycles. The van der Waals surface area contributed by atoms with Crippen LogP contribution in [0.1, 0.15) is 25.3 Å². The summed E-state index contributed by atoms with van der Waals surface area (Å²) in [7, 11) is 0. The third-order valence-corrected chi connectivity index (χ3v) is 5.78. The van der Waals surface area contributed by atoms with E-state index in [0.717, 1.165) is 67.2 Å². The van der Waals surface area contributed by atoms with Crippen molar-refractivity contribution in [3.8, 4) is 17.2 Å². The first kappa shape index (κ1) is 18.1. The lowest BCUT2D eigenvalue weighted by molar-refractivity contribution is 0.172. The molecule has 1 N–H and O–H groups in total. The van der Waals surface area contributed by atoms with Crippen molar-refractivity contribution in [2.45, 2.75) is 25.3 Å². The van der Waals surface area contributed by atoms with Crippen LogP contribution in [0.2, 0.25) is 0 Å². The van der Waals surface area contributed by atoms with E-state index in [-0.39, 0.29) is 18.5 Å². The second kappa shape index (κ2) is 7.83. The van der Waals surface area contributed by atoms with E-state index in [4.69, 9.17) is 14.2 Å². The molecule has 0 unspecified atom stereocenters. The number of rotatable bonds is 6. The van der Waals surface area contributed by atoms with Crippen molar-refractivity contribution >= 4 is 11.0 Å². The number of H-pyrrole nitrogens is 1. The van der Waals surface area contributed by atoms with Gasteiger partial charge in [0.15, 0.2) is 11.5 Å². The number of imidazole rings is 1. The van der Waals surface area contributed by atoms with Gasteiger partial charge in [0, 0.05) is 31.7 Å². The van der Waals surface area contributed by atoms with E-state index in [0.29, 0.717) is 6.61 Å². The lowest BCUT2D eigenvalue weighted by Crippen LogP contribution is -2.37. The maximum atomic E-state index is 12.4. The van der Waals surface area contributed by atoms with Gasteiger partial charge in [-0.25, -0.2) is 4.79 Å². The van der Waals surface area contributed by atoms with E-state index in [1.54, 1.807) is 0 Å². The Hall–Kier alpha value is -2.93. The number of hydrogen-bond donors (Lipinski definition) is 1. The molecule has 0 spiro atoms. The SMILES string of the molecule is O=c1[nH]c2ccccc2n1C1CCN(CCCOc2ccc3c(c2)OCO3)CC1. The number of para-hydroxylation sites is 2. The first-order valence-corrected chi connectivity index (χ1v) is 10.2. The van der Waals surface area contributed by atoms with Crippen LogP contribution in [0.25, 0.3) is 11.0 Å². The van der Waals surface area contributed by atoms with Crippen LogP contribution in [-0.4, -0.2) is 47.5 Å². The van der Waals surface area contributed by atoms with Crippen LogP contribution in [0.4, 0.5) is 0 Å². The minimum absolute atomic E-state index is 0.00164. The summed E-state index contributed by atoms with van der Waals surface area (Å²) >= 11 is 0. The summed E-state index contributed by atoms with van der Waals surface area (Å²) in [6.45, 7) is 3.95. The van der Waals surface area contributed by atoms with Crippen LogP contribution < -0.4 is 19.9 Å². The number of piperidine rings is 1. The first-order chi connectivity index (χ1) is 14.3. The van der Waals surface area contributed by atoms with Gasteiger partial charge in [0.25, 0.3) is 0 Å². The molecular weight excluding hydrogens is 370 g/mol. The zero-order chi connectivity index (χ0) is 19.6. The van der Waals surface area contributed by atoms with Crippen LogP contribution in [0, 0.1) is 0 Å². The van der Waals surface area contributed by atoms with Crippen LogP contribution in [-0.2, 0) is 0 Å². The largest absolute Gasteiger partial charge is 0.493 e. The van der Waals surface area contributed by atoms with Gasteiger partial charge in [0.2, 0.25) is 6.79 Å². The number of aromatic amines is 1. The highest BCUT2D eigenvalue weighted by Gasteiger charge is 2.23. The number of ether oxygens (including phenoxy) is 3. The average molecular weight is 395 g/mol. The number of hydrogen-bond acceptors (Lipinski definition) is 5. The molecule has 5 rings (SSSR count). The minimum atomic E-state index is 0.00164. The van der Waals surface area contributed by atoms with Gasteiger partial charge < -0.3 is 24.1 Å². The van der Waals surface area contributed by atoms with Crippen LogP contribution in [0.15, 0.2) is 47.3 Å². The third kappa shape index (κ3) is 3.70. The zero-order valence-electron chi connectivity index (χ0n) is 16.3. The van der Waals surface area contributed by atoms with Crippen molar-refractivity contribution in [1.82, 2.24) is 14.5 Å². The summed E-state index contributed by atoms with van der Waals surface area (Å²) < 4.78 is 18.5. The molecule has 2 aromatic carbocycles. The van der Waals surface area contributed by atoms with E-state index in [9.17, 15) is 4.79 Å². The van der Waals surface area contributed by atoms with Crippen LogP contribution in [0.3, 0.4) is 0 Å². The molecule has 152 valence electrons. The molecule has 1 fully saturated rings. The molecule has 0 aliphatic carbocycles. The van der Waals surface area contributed by atoms with E-state index < -0.39 is 0 Å². The summed E-state index contributed by atoms with van der Waals surface area (Å²) in [5.74, 6) is 2.33. The quantitative estimate of drug-likeness (QED) is 0.650. The molecule has 0 bridgehead atoms. The molecule has 0 atom stereocenters. The fourth-order valence-electron chi connectivity index (χ4n) is 4.28. The first-order valence-electron chi connectivity index (χ1n) is 10.2. The second-order valence-electron chi connectivity index (χ2n) is 7.61. The molecule has 1 saturated heterocycles. The number of fused-ring (bicyclic) bond motifs is 2. The predicted molar refractivity (Wildman–Crippen MR) is 110 cm³/mol. The second-order valence-corrected chi connectivity index (χ2v) is 7.61. The van der Waals surface area contributed by atoms with Crippen molar-refractivity contribution in [2.24, 2.45) is 0 Å². The molecule has 2 aliphatic rings. The van der Waals surface area contributed by atoms with Gasteiger partial charge >= 0.3 is 5.69 Å². The lowest BCUT2D eigenvalue weighted by Gasteiger charge is -2.32. The molecule has 3 aromatic rings. The van der Waals surface area contributed by atoms with Crippen molar-refractivity contribution < 1.29 is 14.2 Å². The van der Waals surface area contributed by atoms with Crippen molar-refractivity contribution in [3.63, 3.8) is 0 Å². The summed E-state index contributed by atoms with van der Waals surface area (Å²) in [4.78, 5) is 17.8. The summed E-state index contributed by atoms with van der Waals surface area (Å²) in [5, 5.41) is 0. The van der Waals surface area contributed by atoms with E-state index in [1.807, 2.05) is 47.0 Å². The monoisotopic (exact) mass is 395 g/mol. The van der Waals surface area contributed by atoms with Gasteiger partial charge in [-0.3, -0.25) is 4.57 Å². The van der Waals surface area contributed by atoms with E-state index in [2.05, 4.69) is 9.88 Å². The minimum Gasteiger partial charge on any atom is -0.493 e. The predicted octanol–water partition coefficient (Wildman–Crippen LogP) is 3.16. The Morgan fingerprint density at radius 2 is 1.90 bits per heavy atom. The summed E-state index contributed by atoms with van der Waals surface area (Å²) in [6, 6.07) is 13.9. The molecule has 7 heteroatoms. The van der Waals surface area contributed by atoms with Gasteiger partial charge in [-0.15, -0.1) is 0 Å². The molecule has 1 aromatic heterocycles. The van der Waals surface area contributed by atoms with Gasteiger partial charge in [-0.1, -0.05) is 12.1 Å². The molecule has 0 amide bonds. The maximum absolute atomic E-state index is 12.4. The fraction of sp³-hybridized carbons (Fsp3) is 0.409. The lowest BCUT2D eigenvalue weighted by atomic mass is 10.0. The Morgan fingerprint density at radius 1 is 1.07 bits per heavy atom. The van der Waals surface area contributed by atoms with Gasteiger partial charge in [0.1, 0.15) is 5.75 Å². The summed E-state index contributed by atoms with van der Waals surface area (Å²) in [6.07, 6.45) is 2.95. The molecule has 29 heavy (non-hydrogen) atoms. The highest BCUT2D eigenvalue weighted by molar-refractivity contribution is 5.75. The number of nitrogens with zero attached hydrogens (tertiary/aromatic N) is 2. The number of likely N-dealkylation sites (tertiary alicyclic amines) is 1. The van der Waals surface area contributed by atoms with Crippen molar-refractivity contribution in [2.75, 3.05) is 33.0 Å². The third-order valence-electron chi connectivity index (χ3n) is 5.78. The van der Waals surface area contributed by atoms with Crippen molar-refractivity contribution in [3.05, 3.63) is 52.9 Å². The molecular formula is C22H25N3O4. The highest BCUT2D eigenvalue weighted by Crippen LogP contribution is 2.35. The Kier molecular flexibility index (Phi) is 4.89. The average Bonchev–Trinajstić information content (AvgIpc) is 3.34. The van der Waals surface area contributed by atoms with E-state index in [1.165, 1.54) is 0 Å². The normalized spacial score (nSPS) is 17.1. The Balaban J connectivity index is 1.10. The standard InChI is InChI=1S/C22H25N3O4/c26-22-23-18-4-1-2-5-19(18)25(22)16-8-11-24(12-9-16)10-3-13-27-17-6-7-20-21(14-17)29-15-28-20/h1-2,4-7,14,16H,3,8-13,15H2,(H,23,26). The van der Waals surface area contributed by atoms with Gasteiger partial charge in [-0.05, 0) is 43.5 Å².